The highest BCUT2D eigenvalue weighted by Crippen LogP contribution is 2.18. The highest BCUT2D eigenvalue weighted by molar-refractivity contribution is 6.69. The van der Waals surface area contributed by atoms with Crippen LogP contribution in [0.4, 0.5) is 23.0 Å². The van der Waals surface area contributed by atoms with Crippen LogP contribution in [-0.4, -0.2) is 32.4 Å². The zero-order valence-electron chi connectivity index (χ0n) is 14.8. The number of rotatable bonds is 7. The summed E-state index contributed by atoms with van der Waals surface area (Å²) in [4.78, 5) is 41.5. The van der Waals surface area contributed by atoms with Crippen molar-refractivity contribution in [2.45, 2.75) is 0 Å². The van der Waals surface area contributed by atoms with Crippen molar-refractivity contribution >= 4 is 40.5 Å². The standard InChI is InChI=1S/C18H15N7O4/c26-17(21-12-7-3-1-4-8-12)14(18(27)22-13-9-5-2-6-10-13)23-24-15-16(25(28)29)20-11-19-15/h1-11,24H,(H,19,20)(H,21,26)(H,22,27). The van der Waals surface area contributed by atoms with Crippen LogP contribution in [0.1, 0.15) is 0 Å². The van der Waals surface area contributed by atoms with Gasteiger partial charge in [-0.1, -0.05) is 36.4 Å². The minimum Gasteiger partial charge on any atom is -0.358 e. The molecule has 3 rings (SSSR count). The number of nitrogens with zero attached hydrogens (tertiary/aromatic N) is 3. The van der Waals surface area contributed by atoms with Gasteiger partial charge in [-0.15, -0.1) is 0 Å². The Hall–Kier alpha value is -4.54. The van der Waals surface area contributed by atoms with Crippen LogP contribution in [0.2, 0.25) is 0 Å². The molecule has 29 heavy (non-hydrogen) atoms. The third kappa shape index (κ3) is 5.01. The van der Waals surface area contributed by atoms with E-state index in [2.05, 4.69) is 31.1 Å². The summed E-state index contributed by atoms with van der Waals surface area (Å²) in [6.07, 6.45) is 1.09. The molecule has 0 spiro atoms. The molecule has 0 unspecified atom stereocenters. The van der Waals surface area contributed by atoms with Gasteiger partial charge in [0.15, 0.2) is 6.33 Å². The first-order valence-corrected chi connectivity index (χ1v) is 8.29. The van der Waals surface area contributed by atoms with Crippen LogP contribution >= 0.6 is 0 Å². The molecule has 2 aromatic carbocycles. The van der Waals surface area contributed by atoms with Gasteiger partial charge in [-0.3, -0.25) is 15.0 Å². The van der Waals surface area contributed by atoms with Gasteiger partial charge in [-0.25, -0.2) is 4.98 Å². The molecule has 0 fully saturated rings. The van der Waals surface area contributed by atoms with Gasteiger partial charge >= 0.3 is 5.82 Å². The van der Waals surface area contributed by atoms with E-state index in [-0.39, 0.29) is 5.82 Å². The second kappa shape index (κ2) is 8.90. The third-order valence-electron chi connectivity index (χ3n) is 3.57. The first kappa shape index (κ1) is 19.2. The van der Waals surface area contributed by atoms with Crippen LogP contribution in [0, 0.1) is 10.1 Å². The lowest BCUT2D eigenvalue weighted by Gasteiger charge is -2.09. The van der Waals surface area contributed by atoms with Gasteiger partial charge in [0, 0.05) is 11.4 Å². The molecule has 0 saturated heterocycles. The van der Waals surface area contributed by atoms with Crippen molar-refractivity contribution in [2.75, 3.05) is 16.1 Å². The Morgan fingerprint density at radius 2 is 1.45 bits per heavy atom. The zero-order valence-corrected chi connectivity index (χ0v) is 14.8. The highest BCUT2D eigenvalue weighted by atomic mass is 16.6. The molecule has 146 valence electrons. The molecule has 11 heteroatoms. The van der Waals surface area contributed by atoms with Crippen molar-refractivity contribution < 1.29 is 14.5 Å². The Kier molecular flexibility index (Phi) is 5.90. The topological polar surface area (TPSA) is 154 Å². The van der Waals surface area contributed by atoms with Gasteiger partial charge in [0.1, 0.15) is 0 Å². The number of benzene rings is 2. The molecule has 0 aliphatic heterocycles. The molecule has 1 aromatic heterocycles. The summed E-state index contributed by atoms with van der Waals surface area (Å²) >= 11 is 0. The van der Waals surface area contributed by atoms with Crippen molar-refractivity contribution in [3.05, 3.63) is 77.1 Å². The van der Waals surface area contributed by atoms with Crippen molar-refractivity contribution in [2.24, 2.45) is 5.10 Å². The molecule has 3 aromatic rings. The van der Waals surface area contributed by atoms with Crippen molar-refractivity contribution in [3.63, 3.8) is 0 Å². The molecule has 11 nitrogen and oxygen atoms in total. The predicted molar refractivity (Wildman–Crippen MR) is 106 cm³/mol. The Morgan fingerprint density at radius 1 is 0.931 bits per heavy atom. The number of aromatic nitrogens is 2. The van der Waals surface area contributed by atoms with Crippen LogP contribution in [0.15, 0.2) is 72.1 Å². The molecule has 0 atom stereocenters. The number of carbonyl (C=O) groups is 2. The third-order valence-corrected chi connectivity index (χ3v) is 3.57. The second-order valence-corrected chi connectivity index (χ2v) is 5.57. The number of imidazole rings is 1. The first-order valence-electron chi connectivity index (χ1n) is 8.29. The van der Waals surface area contributed by atoms with Crippen molar-refractivity contribution in [3.8, 4) is 0 Å². The number of aromatic amines is 1. The molecule has 2 amide bonds. The number of nitrogens with one attached hydrogen (secondary N) is 4. The van der Waals surface area contributed by atoms with E-state index < -0.39 is 28.3 Å². The summed E-state index contributed by atoms with van der Waals surface area (Å²) in [7, 11) is 0. The first-order chi connectivity index (χ1) is 14.0. The summed E-state index contributed by atoms with van der Waals surface area (Å²) in [5.74, 6) is -2.32. The quantitative estimate of drug-likeness (QED) is 0.209. The highest BCUT2D eigenvalue weighted by Gasteiger charge is 2.23. The number of hydrogen-bond donors (Lipinski definition) is 4. The van der Waals surface area contributed by atoms with Crippen LogP contribution in [0.3, 0.4) is 0 Å². The lowest BCUT2D eigenvalue weighted by molar-refractivity contribution is -0.388. The molecular weight excluding hydrogens is 378 g/mol. The van der Waals surface area contributed by atoms with Crippen LogP contribution < -0.4 is 16.1 Å². The maximum Gasteiger partial charge on any atom is 0.366 e. The normalized spacial score (nSPS) is 9.93. The van der Waals surface area contributed by atoms with E-state index in [9.17, 15) is 19.7 Å². The molecule has 1 heterocycles. The smallest absolute Gasteiger partial charge is 0.358 e. The number of hydrazone groups is 1. The van der Waals surface area contributed by atoms with E-state index >= 15 is 0 Å². The average molecular weight is 393 g/mol. The molecule has 0 aliphatic rings. The summed E-state index contributed by atoms with van der Waals surface area (Å²) in [6.45, 7) is 0. The number of carbonyl (C=O) groups excluding carboxylic acids is 2. The zero-order chi connectivity index (χ0) is 20.6. The number of H-pyrrole nitrogens is 1. The van der Waals surface area contributed by atoms with E-state index in [1.165, 1.54) is 0 Å². The van der Waals surface area contributed by atoms with Crippen LogP contribution in [-0.2, 0) is 9.59 Å². The maximum absolute atomic E-state index is 12.6. The molecular formula is C18H15N7O4. The Labute approximate surface area is 164 Å². The van der Waals surface area contributed by atoms with Gasteiger partial charge in [0.2, 0.25) is 11.5 Å². The van der Waals surface area contributed by atoms with E-state index in [1.807, 2.05) is 0 Å². The number of hydrogen-bond acceptors (Lipinski definition) is 7. The lowest BCUT2D eigenvalue weighted by Crippen LogP contribution is -2.35. The maximum atomic E-state index is 12.6. The molecule has 0 saturated carbocycles. The van der Waals surface area contributed by atoms with Crippen molar-refractivity contribution in [1.29, 1.82) is 0 Å². The number of para-hydroxylation sites is 2. The fraction of sp³-hybridized carbons (Fsp3) is 0. The van der Waals surface area contributed by atoms with Gasteiger partial charge in [-0.2, -0.15) is 10.1 Å². The van der Waals surface area contributed by atoms with Gasteiger partial charge < -0.3 is 20.7 Å². The minimum atomic E-state index is -0.810. The summed E-state index contributed by atoms with van der Waals surface area (Å²) in [5.41, 5.74) is 2.64. The van der Waals surface area contributed by atoms with E-state index in [4.69, 9.17) is 0 Å². The Morgan fingerprint density at radius 3 is 1.93 bits per heavy atom. The Bertz CT molecular complexity index is 993. The fourth-order valence-corrected chi connectivity index (χ4v) is 2.25. The predicted octanol–water partition coefficient (Wildman–Crippen LogP) is 2.36. The van der Waals surface area contributed by atoms with Gasteiger partial charge in [0.25, 0.3) is 11.8 Å². The largest absolute Gasteiger partial charge is 0.366 e. The Balaban J connectivity index is 1.85. The lowest BCUT2D eigenvalue weighted by atomic mass is 10.2. The fourth-order valence-electron chi connectivity index (χ4n) is 2.25. The van der Waals surface area contributed by atoms with Gasteiger partial charge in [-0.05, 0) is 29.2 Å². The number of amides is 2. The van der Waals surface area contributed by atoms with E-state index in [1.54, 1.807) is 60.7 Å². The van der Waals surface area contributed by atoms with Crippen LogP contribution in [0.5, 0.6) is 0 Å². The monoisotopic (exact) mass is 393 g/mol. The SMILES string of the molecule is O=C(Nc1ccccc1)C(=NNc1nc[nH]c1[N+](=O)[O-])C(=O)Nc1ccccc1. The summed E-state index contributed by atoms with van der Waals surface area (Å²) in [6, 6.07) is 16.9. The van der Waals surface area contributed by atoms with Crippen LogP contribution in [0.25, 0.3) is 0 Å². The van der Waals surface area contributed by atoms with E-state index in [0.717, 1.165) is 6.33 Å². The van der Waals surface area contributed by atoms with Gasteiger partial charge in [0.05, 0.1) is 0 Å². The minimum absolute atomic E-state index is 0.243. The van der Waals surface area contributed by atoms with Crippen molar-refractivity contribution in [1.82, 2.24) is 9.97 Å². The molecule has 0 bridgehead atoms. The average Bonchev–Trinajstić information content (AvgIpc) is 3.18. The second-order valence-electron chi connectivity index (χ2n) is 5.57. The number of nitro groups is 1. The molecule has 4 N–H and O–H groups in total. The summed E-state index contributed by atoms with van der Waals surface area (Å²) in [5, 5.41) is 19.8. The van der Waals surface area contributed by atoms with E-state index in [0.29, 0.717) is 11.4 Å². The number of anilines is 3. The molecule has 0 radical (unpaired) electrons. The summed E-state index contributed by atoms with van der Waals surface area (Å²) < 4.78 is 0. The molecule has 0 aliphatic carbocycles.